The average molecular weight is 515 g/mol. The molecule has 2 aromatic rings. The molecular formula is C27H35BrN2O3. The van der Waals surface area contributed by atoms with Gasteiger partial charge in [0.1, 0.15) is 11.8 Å². The number of hydrogen-bond acceptors (Lipinski definition) is 3. The smallest absolute Gasteiger partial charge is 0.261 e. The molecule has 1 aliphatic carbocycles. The summed E-state index contributed by atoms with van der Waals surface area (Å²) in [6.45, 7) is 4.30. The molecule has 0 unspecified atom stereocenters. The van der Waals surface area contributed by atoms with E-state index in [9.17, 15) is 9.59 Å². The van der Waals surface area contributed by atoms with E-state index in [2.05, 4.69) is 28.2 Å². The van der Waals surface area contributed by atoms with Crippen LogP contribution in [-0.2, 0) is 22.6 Å². The number of carbonyl (C=O) groups is 2. The summed E-state index contributed by atoms with van der Waals surface area (Å²) in [5.41, 5.74) is 2.18. The minimum absolute atomic E-state index is 0.0674. The van der Waals surface area contributed by atoms with Gasteiger partial charge in [-0.25, -0.2) is 0 Å². The molecule has 5 nitrogen and oxygen atoms in total. The van der Waals surface area contributed by atoms with Gasteiger partial charge in [0.05, 0.1) is 4.47 Å². The maximum Gasteiger partial charge on any atom is 0.261 e. The second-order valence-corrected chi connectivity index (χ2v) is 9.54. The second-order valence-electron chi connectivity index (χ2n) is 8.68. The van der Waals surface area contributed by atoms with Gasteiger partial charge in [0, 0.05) is 12.6 Å². The van der Waals surface area contributed by atoms with Crippen LogP contribution >= 0.6 is 15.9 Å². The molecule has 1 N–H and O–H groups in total. The molecule has 0 bridgehead atoms. The van der Waals surface area contributed by atoms with E-state index in [1.165, 1.54) is 12.0 Å². The lowest BCUT2D eigenvalue weighted by atomic mass is 9.95. The van der Waals surface area contributed by atoms with Gasteiger partial charge in [0.15, 0.2) is 6.61 Å². The average Bonchev–Trinajstić information content (AvgIpc) is 2.84. The highest BCUT2D eigenvalue weighted by Gasteiger charge is 2.30. The molecule has 2 amide bonds. The van der Waals surface area contributed by atoms with Crippen molar-refractivity contribution >= 4 is 27.7 Å². The maximum atomic E-state index is 13.4. The standard InChI is InChI=1S/C27H35BrN2O3/c1-3-20-15-16-25(23(28)17-20)33-19-26(31)30(18-21-11-7-5-8-12-21)24(4-2)27(32)29-22-13-9-6-10-14-22/h5,7-8,11-12,15-17,22,24H,3-4,6,9-10,13-14,18-19H2,1-2H3,(H,29,32)/t24-/m1/s1. The van der Waals surface area contributed by atoms with Gasteiger partial charge in [-0.15, -0.1) is 0 Å². The molecule has 0 radical (unpaired) electrons. The summed E-state index contributed by atoms with van der Waals surface area (Å²) in [4.78, 5) is 28.3. The van der Waals surface area contributed by atoms with Crippen molar-refractivity contribution in [2.45, 2.75) is 77.4 Å². The van der Waals surface area contributed by atoms with Crippen LogP contribution < -0.4 is 10.1 Å². The highest BCUT2D eigenvalue weighted by Crippen LogP contribution is 2.26. The molecule has 3 rings (SSSR count). The van der Waals surface area contributed by atoms with Gasteiger partial charge < -0.3 is 15.0 Å². The van der Waals surface area contributed by atoms with Crippen molar-refractivity contribution in [3.05, 3.63) is 64.1 Å². The molecule has 1 saturated carbocycles. The molecule has 178 valence electrons. The van der Waals surface area contributed by atoms with E-state index in [4.69, 9.17) is 4.74 Å². The van der Waals surface area contributed by atoms with Crippen molar-refractivity contribution in [1.29, 1.82) is 0 Å². The van der Waals surface area contributed by atoms with Crippen LogP contribution in [-0.4, -0.2) is 35.4 Å². The Hall–Kier alpha value is -2.34. The molecule has 1 atom stereocenters. The van der Waals surface area contributed by atoms with Crippen LogP contribution in [0.5, 0.6) is 5.75 Å². The zero-order chi connectivity index (χ0) is 23.6. The van der Waals surface area contributed by atoms with Gasteiger partial charge >= 0.3 is 0 Å². The van der Waals surface area contributed by atoms with Crippen molar-refractivity contribution in [1.82, 2.24) is 10.2 Å². The van der Waals surface area contributed by atoms with Crippen molar-refractivity contribution in [3.8, 4) is 5.75 Å². The molecule has 0 saturated heterocycles. The predicted octanol–water partition coefficient (Wildman–Crippen LogP) is 5.65. The van der Waals surface area contributed by atoms with E-state index in [1.54, 1.807) is 4.90 Å². The Bertz CT molecular complexity index is 913. The van der Waals surface area contributed by atoms with Crippen LogP contribution in [0, 0.1) is 0 Å². The number of amides is 2. The lowest BCUT2D eigenvalue weighted by molar-refractivity contribution is -0.143. The third-order valence-corrected chi connectivity index (χ3v) is 6.91. The summed E-state index contributed by atoms with van der Waals surface area (Å²) in [6.07, 6.45) is 7.03. The predicted molar refractivity (Wildman–Crippen MR) is 135 cm³/mol. The first-order valence-electron chi connectivity index (χ1n) is 12.1. The topological polar surface area (TPSA) is 58.6 Å². The molecule has 0 aliphatic heterocycles. The number of ether oxygens (including phenoxy) is 1. The highest BCUT2D eigenvalue weighted by atomic mass is 79.9. The summed E-state index contributed by atoms with van der Waals surface area (Å²) in [5, 5.41) is 3.21. The zero-order valence-electron chi connectivity index (χ0n) is 19.7. The van der Waals surface area contributed by atoms with E-state index in [1.807, 2.05) is 55.5 Å². The van der Waals surface area contributed by atoms with Crippen molar-refractivity contribution < 1.29 is 14.3 Å². The monoisotopic (exact) mass is 514 g/mol. The number of halogens is 1. The minimum atomic E-state index is -0.533. The largest absolute Gasteiger partial charge is 0.483 e. The number of rotatable bonds is 10. The second kappa shape index (κ2) is 12.8. The Morgan fingerprint density at radius 1 is 1.06 bits per heavy atom. The summed E-state index contributed by atoms with van der Waals surface area (Å²) in [5.74, 6) is 0.359. The number of nitrogens with one attached hydrogen (secondary N) is 1. The zero-order valence-corrected chi connectivity index (χ0v) is 21.3. The minimum Gasteiger partial charge on any atom is -0.483 e. The Morgan fingerprint density at radius 2 is 1.79 bits per heavy atom. The van der Waals surface area contributed by atoms with Gasteiger partial charge in [0.25, 0.3) is 5.91 Å². The molecule has 1 fully saturated rings. The summed E-state index contributed by atoms with van der Waals surface area (Å²) in [7, 11) is 0. The Morgan fingerprint density at radius 3 is 2.42 bits per heavy atom. The van der Waals surface area contributed by atoms with Gasteiger partial charge in [-0.1, -0.05) is 69.5 Å². The van der Waals surface area contributed by atoms with Gasteiger partial charge in [-0.2, -0.15) is 0 Å². The van der Waals surface area contributed by atoms with Crippen LogP contribution in [0.1, 0.15) is 63.5 Å². The van der Waals surface area contributed by atoms with E-state index < -0.39 is 6.04 Å². The van der Waals surface area contributed by atoms with Gasteiger partial charge in [-0.05, 0) is 64.9 Å². The maximum absolute atomic E-state index is 13.4. The molecular weight excluding hydrogens is 480 g/mol. The number of nitrogens with zero attached hydrogens (tertiary/aromatic N) is 1. The fourth-order valence-electron chi connectivity index (χ4n) is 4.35. The summed E-state index contributed by atoms with van der Waals surface area (Å²) in [6, 6.07) is 15.4. The molecule has 33 heavy (non-hydrogen) atoms. The first-order chi connectivity index (χ1) is 16.0. The first-order valence-corrected chi connectivity index (χ1v) is 12.9. The van der Waals surface area contributed by atoms with Crippen LogP contribution in [0.4, 0.5) is 0 Å². The van der Waals surface area contributed by atoms with Crippen LogP contribution in [0.25, 0.3) is 0 Å². The van der Waals surface area contributed by atoms with Crippen molar-refractivity contribution in [2.24, 2.45) is 0 Å². The molecule has 0 heterocycles. The van der Waals surface area contributed by atoms with E-state index in [-0.39, 0.29) is 24.5 Å². The van der Waals surface area contributed by atoms with Crippen LogP contribution in [0.3, 0.4) is 0 Å². The lowest BCUT2D eigenvalue weighted by Crippen LogP contribution is -2.52. The van der Waals surface area contributed by atoms with Gasteiger partial charge in [-0.3, -0.25) is 9.59 Å². The molecule has 0 spiro atoms. The van der Waals surface area contributed by atoms with E-state index in [0.29, 0.717) is 18.7 Å². The lowest BCUT2D eigenvalue weighted by Gasteiger charge is -2.32. The number of carbonyl (C=O) groups excluding carboxylic acids is 2. The summed E-state index contributed by atoms with van der Waals surface area (Å²) < 4.78 is 6.70. The van der Waals surface area contributed by atoms with Crippen LogP contribution in [0.15, 0.2) is 53.0 Å². The van der Waals surface area contributed by atoms with E-state index >= 15 is 0 Å². The fraction of sp³-hybridized carbons (Fsp3) is 0.481. The first kappa shape index (κ1) is 25.3. The molecule has 2 aromatic carbocycles. The van der Waals surface area contributed by atoms with Crippen molar-refractivity contribution in [3.63, 3.8) is 0 Å². The molecule has 0 aromatic heterocycles. The molecule has 6 heteroatoms. The third-order valence-electron chi connectivity index (χ3n) is 6.29. The normalized spacial score (nSPS) is 15.0. The number of hydrogen-bond donors (Lipinski definition) is 1. The Kier molecular flexibility index (Phi) is 9.79. The quantitative estimate of drug-likeness (QED) is 0.445. The van der Waals surface area contributed by atoms with Crippen molar-refractivity contribution in [2.75, 3.05) is 6.61 Å². The fourth-order valence-corrected chi connectivity index (χ4v) is 4.89. The van der Waals surface area contributed by atoms with Gasteiger partial charge in [0.2, 0.25) is 5.91 Å². The van der Waals surface area contributed by atoms with E-state index in [0.717, 1.165) is 42.1 Å². The summed E-state index contributed by atoms with van der Waals surface area (Å²) >= 11 is 3.54. The molecule has 1 aliphatic rings. The van der Waals surface area contributed by atoms with Crippen LogP contribution in [0.2, 0.25) is 0 Å². The third kappa shape index (κ3) is 7.32. The Labute approximate surface area is 206 Å². The Balaban J connectivity index is 1.74. The SMILES string of the molecule is CCc1ccc(OCC(=O)N(Cc2ccccc2)[C@H](CC)C(=O)NC2CCCCC2)c(Br)c1. The highest BCUT2D eigenvalue weighted by molar-refractivity contribution is 9.10. The number of benzene rings is 2. The number of aryl methyl sites for hydroxylation is 1.